The molecule has 0 aliphatic heterocycles. The Balaban J connectivity index is 2.04. The maximum Gasteiger partial charge on any atom is 0.129 e. The number of fused-ring (bicyclic) bond motifs is 3. The van der Waals surface area contributed by atoms with Crippen LogP contribution in [0.1, 0.15) is 15.9 Å². The molecular weight excluding hydrogens is 232 g/mol. The predicted octanol–water partition coefficient (Wildman–Crippen LogP) is 3.81. The lowest BCUT2D eigenvalue weighted by atomic mass is 9.83. The van der Waals surface area contributed by atoms with E-state index >= 15 is 0 Å². The molecule has 1 heteroatoms. The summed E-state index contributed by atoms with van der Waals surface area (Å²) < 4.78 is 0. The van der Waals surface area contributed by atoms with Crippen LogP contribution in [-0.2, 0) is 0 Å². The summed E-state index contributed by atoms with van der Waals surface area (Å²) in [7, 11) is 0. The molecule has 0 heterocycles. The number of allylic oxidation sites excluding steroid dienone is 5. The van der Waals surface area contributed by atoms with Crippen molar-refractivity contribution in [1.29, 1.82) is 0 Å². The highest BCUT2D eigenvalue weighted by molar-refractivity contribution is 6.16. The highest BCUT2D eigenvalue weighted by atomic mass is 16.1. The lowest BCUT2D eigenvalue weighted by Crippen LogP contribution is -2.14. The Morgan fingerprint density at radius 3 is 2.68 bits per heavy atom. The second-order valence-electron chi connectivity index (χ2n) is 4.74. The molecule has 0 fully saturated rings. The Morgan fingerprint density at radius 1 is 1.05 bits per heavy atom. The van der Waals surface area contributed by atoms with Crippen LogP contribution in [0.4, 0.5) is 0 Å². The third-order valence-corrected chi connectivity index (χ3v) is 3.57. The van der Waals surface area contributed by atoms with Crippen LogP contribution in [0.15, 0.2) is 65.8 Å². The first-order valence-corrected chi connectivity index (χ1v) is 6.26. The Kier molecular flexibility index (Phi) is 2.04. The van der Waals surface area contributed by atoms with Crippen molar-refractivity contribution in [3.8, 4) is 0 Å². The maximum atomic E-state index is 12.5. The number of carbonyl (C=O) groups excluding carboxylic acids is 1. The molecule has 0 atom stereocenters. The van der Waals surface area contributed by atoms with Crippen molar-refractivity contribution in [2.45, 2.75) is 0 Å². The fraction of sp³-hybridized carbons (Fsp3) is 0. The summed E-state index contributed by atoms with van der Waals surface area (Å²) in [6, 6.07) is 12.1. The van der Waals surface area contributed by atoms with Gasteiger partial charge in [0.2, 0.25) is 0 Å². The van der Waals surface area contributed by atoms with Crippen LogP contribution < -0.4 is 0 Å². The second-order valence-corrected chi connectivity index (χ2v) is 4.74. The van der Waals surface area contributed by atoms with Crippen molar-refractivity contribution in [1.82, 2.24) is 0 Å². The Hall–Kier alpha value is -2.54. The lowest BCUT2D eigenvalue weighted by molar-refractivity contribution is 0.103. The standard InChI is InChI=1S/C18H10O/c19-18-16-8-4-3-7-14(16)10-15-9-12-5-1-2-6-13(12)11-17(15)18/h1-9,11H. The molecular formula is C18H10O. The fourth-order valence-corrected chi connectivity index (χ4v) is 2.61. The molecule has 0 aromatic heterocycles. The predicted molar refractivity (Wildman–Crippen MR) is 75.7 cm³/mol. The number of benzene rings is 2. The van der Waals surface area contributed by atoms with Gasteiger partial charge in [0.15, 0.2) is 0 Å². The van der Waals surface area contributed by atoms with Gasteiger partial charge in [-0.05, 0) is 35.1 Å². The molecule has 0 spiro atoms. The number of hydrogen-bond donors (Lipinski definition) is 0. The van der Waals surface area contributed by atoms with Gasteiger partial charge in [-0.3, -0.25) is 0 Å². The molecule has 0 amide bonds. The number of hydrogen-bond acceptors (Lipinski definition) is 1. The molecule has 2 aromatic carbocycles. The summed E-state index contributed by atoms with van der Waals surface area (Å²) >= 11 is 0. The molecule has 0 saturated heterocycles. The zero-order valence-corrected chi connectivity index (χ0v) is 10.2. The topological polar surface area (TPSA) is 17.1 Å². The summed E-state index contributed by atoms with van der Waals surface area (Å²) in [6.45, 7) is 0. The molecule has 2 aliphatic rings. The minimum absolute atomic E-state index is 0.0927. The van der Waals surface area contributed by atoms with E-state index in [9.17, 15) is 4.79 Å². The normalized spacial score (nSPS) is 16.3. The Labute approximate surface area is 111 Å². The number of carbonyl (C=O) groups is 1. The van der Waals surface area contributed by atoms with Crippen LogP contribution in [0.5, 0.6) is 0 Å². The van der Waals surface area contributed by atoms with Crippen LogP contribution >= 0.6 is 0 Å². The van der Waals surface area contributed by atoms with Crippen molar-refractivity contribution in [2.75, 3.05) is 0 Å². The third-order valence-electron chi connectivity index (χ3n) is 3.57. The van der Waals surface area contributed by atoms with E-state index in [1.807, 2.05) is 55.0 Å². The molecule has 0 unspecified atom stereocenters. The van der Waals surface area contributed by atoms with Gasteiger partial charge < -0.3 is 4.79 Å². The molecule has 0 radical (unpaired) electrons. The minimum atomic E-state index is 0.0927. The van der Waals surface area contributed by atoms with Crippen molar-refractivity contribution < 1.29 is 4.79 Å². The van der Waals surface area contributed by atoms with E-state index < -0.39 is 0 Å². The molecule has 88 valence electrons. The van der Waals surface area contributed by atoms with E-state index in [2.05, 4.69) is 12.1 Å². The van der Waals surface area contributed by atoms with Crippen LogP contribution in [0.2, 0.25) is 0 Å². The third kappa shape index (κ3) is 1.48. The molecule has 0 saturated carbocycles. The van der Waals surface area contributed by atoms with E-state index in [0.717, 1.165) is 33.0 Å². The van der Waals surface area contributed by atoms with Gasteiger partial charge in [-0.2, -0.15) is 0 Å². The molecule has 1 nitrogen and oxygen atoms in total. The van der Waals surface area contributed by atoms with Crippen LogP contribution in [0, 0.1) is 12.5 Å². The Morgan fingerprint density at radius 2 is 1.84 bits per heavy atom. The van der Waals surface area contributed by atoms with Gasteiger partial charge in [0.1, 0.15) is 5.78 Å². The molecule has 2 aromatic rings. The molecule has 2 aliphatic carbocycles. The number of ketones is 1. The monoisotopic (exact) mass is 242 g/mol. The maximum absolute atomic E-state index is 12.5. The van der Waals surface area contributed by atoms with Gasteiger partial charge in [-0.25, -0.2) is 0 Å². The lowest BCUT2D eigenvalue weighted by Gasteiger charge is -2.25. The SMILES string of the molecule is O=C1C2=C[CH+]C=CC2=[C-]c2cc3ccccc3cc21. The summed E-state index contributed by atoms with van der Waals surface area (Å²) in [5.41, 5.74) is 3.26. The zero-order valence-electron chi connectivity index (χ0n) is 10.2. The van der Waals surface area contributed by atoms with E-state index in [-0.39, 0.29) is 5.78 Å². The molecule has 0 bridgehead atoms. The average molecular weight is 242 g/mol. The van der Waals surface area contributed by atoms with E-state index in [1.165, 1.54) is 0 Å². The summed E-state index contributed by atoms with van der Waals surface area (Å²) in [5, 5.41) is 2.23. The molecule has 19 heavy (non-hydrogen) atoms. The van der Waals surface area contributed by atoms with Crippen LogP contribution in [-0.4, -0.2) is 5.78 Å². The average Bonchev–Trinajstić information content (AvgIpc) is 2.46. The van der Waals surface area contributed by atoms with Crippen molar-refractivity contribution in [3.63, 3.8) is 0 Å². The highest BCUT2D eigenvalue weighted by Gasteiger charge is 2.17. The van der Waals surface area contributed by atoms with Crippen molar-refractivity contribution in [2.24, 2.45) is 0 Å². The smallest absolute Gasteiger partial charge is 0.129 e. The van der Waals surface area contributed by atoms with Crippen molar-refractivity contribution >= 4 is 16.6 Å². The first-order chi connectivity index (χ1) is 9.33. The fourth-order valence-electron chi connectivity index (χ4n) is 2.61. The van der Waals surface area contributed by atoms with Gasteiger partial charge in [-0.15, -0.1) is 29.4 Å². The summed E-state index contributed by atoms with van der Waals surface area (Å²) in [5.74, 6) is 0.0927. The van der Waals surface area contributed by atoms with Gasteiger partial charge in [0.25, 0.3) is 0 Å². The molecule has 4 rings (SSSR count). The summed E-state index contributed by atoms with van der Waals surface area (Å²) in [4.78, 5) is 12.5. The van der Waals surface area contributed by atoms with Crippen molar-refractivity contribution in [3.05, 3.63) is 89.4 Å². The highest BCUT2D eigenvalue weighted by Crippen LogP contribution is 2.32. The largest absolute Gasteiger partial charge is 0.306 e. The van der Waals surface area contributed by atoms with E-state index in [1.54, 1.807) is 0 Å². The van der Waals surface area contributed by atoms with Gasteiger partial charge >= 0.3 is 0 Å². The van der Waals surface area contributed by atoms with Crippen LogP contribution in [0.25, 0.3) is 10.8 Å². The van der Waals surface area contributed by atoms with Crippen LogP contribution in [0.3, 0.4) is 0 Å². The Bertz CT molecular complexity index is 804. The first kappa shape index (κ1) is 10.4. The zero-order chi connectivity index (χ0) is 12.8. The van der Waals surface area contributed by atoms with Gasteiger partial charge in [0, 0.05) is 0 Å². The quantitative estimate of drug-likeness (QED) is 0.642. The minimum Gasteiger partial charge on any atom is -0.306 e. The number of Topliss-reactive ketones (excluding diaryl/α,β-unsaturated/α-hetero) is 1. The van der Waals surface area contributed by atoms with Gasteiger partial charge in [0.05, 0.1) is 0 Å². The number of rotatable bonds is 0. The summed E-state index contributed by atoms with van der Waals surface area (Å²) in [6.07, 6.45) is 11.0. The first-order valence-electron chi connectivity index (χ1n) is 6.26. The second kappa shape index (κ2) is 3.72. The van der Waals surface area contributed by atoms with E-state index in [4.69, 9.17) is 0 Å². The molecule has 0 N–H and O–H groups in total. The van der Waals surface area contributed by atoms with E-state index in [0.29, 0.717) is 0 Å². The van der Waals surface area contributed by atoms with Gasteiger partial charge in [-0.1, -0.05) is 35.7 Å².